The van der Waals surface area contributed by atoms with E-state index in [-0.39, 0.29) is 25.7 Å². The van der Waals surface area contributed by atoms with Crippen molar-refractivity contribution in [3.05, 3.63) is 0 Å². The lowest BCUT2D eigenvalue weighted by molar-refractivity contribution is -0.161. The van der Waals surface area contributed by atoms with Gasteiger partial charge < -0.3 is 33.8 Å². The Labute approximate surface area is 530 Å². The van der Waals surface area contributed by atoms with Gasteiger partial charge in [0.05, 0.1) is 26.4 Å². The van der Waals surface area contributed by atoms with E-state index in [1.54, 1.807) is 0 Å². The lowest BCUT2D eigenvalue weighted by atomic mass is 10.0. The predicted octanol–water partition coefficient (Wildman–Crippen LogP) is 19.4. The van der Waals surface area contributed by atoms with Crippen molar-refractivity contribution in [2.24, 2.45) is 5.92 Å². The van der Waals surface area contributed by atoms with Gasteiger partial charge in [0.25, 0.3) is 0 Å². The molecule has 0 aliphatic carbocycles. The van der Waals surface area contributed by atoms with Crippen LogP contribution < -0.4 is 0 Å². The third kappa shape index (κ3) is 62.6. The fourth-order valence-electron chi connectivity index (χ4n) is 10.3. The molecule has 87 heavy (non-hydrogen) atoms. The van der Waals surface area contributed by atoms with Gasteiger partial charge in [0.1, 0.15) is 19.3 Å². The first-order valence-electron chi connectivity index (χ1n) is 35.6. The monoisotopic (exact) mass is 1280 g/mol. The topological polar surface area (TPSA) is 237 Å². The maximum atomic E-state index is 13.0. The van der Waals surface area contributed by atoms with Crippen LogP contribution in [0.3, 0.4) is 0 Å². The number of phosphoric ester groups is 2. The highest BCUT2D eigenvalue weighted by molar-refractivity contribution is 7.47. The smallest absolute Gasteiger partial charge is 0.462 e. The molecule has 0 radical (unpaired) electrons. The van der Waals surface area contributed by atoms with Crippen molar-refractivity contribution in [2.45, 2.75) is 368 Å². The molecule has 0 aliphatic heterocycles. The second-order valence-corrected chi connectivity index (χ2v) is 27.9. The minimum atomic E-state index is -4.95. The van der Waals surface area contributed by atoms with Gasteiger partial charge >= 0.3 is 39.5 Å². The molecule has 0 saturated carbocycles. The van der Waals surface area contributed by atoms with Crippen molar-refractivity contribution in [1.29, 1.82) is 0 Å². The summed E-state index contributed by atoms with van der Waals surface area (Å²) < 4.78 is 67.9. The number of hydrogen-bond donors (Lipinski definition) is 3. The zero-order valence-corrected chi connectivity index (χ0v) is 57.9. The lowest BCUT2D eigenvalue weighted by Crippen LogP contribution is -2.30. The maximum Gasteiger partial charge on any atom is 0.472 e. The van der Waals surface area contributed by atoms with E-state index in [9.17, 15) is 43.2 Å². The van der Waals surface area contributed by atoms with Gasteiger partial charge in [0.2, 0.25) is 0 Å². The van der Waals surface area contributed by atoms with Crippen molar-refractivity contribution in [3.8, 4) is 0 Å². The zero-order chi connectivity index (χ0) is 64.2. The Kier molecular flexibility index (Phi) is 60.2. The van der Waals surface area contributed by atoms with Crippen molar-refractivity contribution >= 4 is 39.5 Å². The second-order valence-electron chi connectivity index (χ2n) is 25.0. The van der Waals surface area contributed by atoms with E-state index in [0.29, 0.717) is 25.7 Å². The number of rotatable bonds is 68. The van der Waals surface area contributed by atoms with Crippen LogP contribution in [-0.4, -0.2) is 96.7 Å². The average molecular weight is 1280 g/mol. The fraction of sp³-hybridized carbons (Fsp3) is 0.941. The molecule has 2 unspecified atom stereocenters. The first-order valence-corrected chi connectivity index (χ1v) is 38.6. The Morgan fingerprint density at radius 1 is 0.310 bits per heavy atom. The first kappa shape index (κ1) is 85.1. The van der Waals surface area contributed by atoms with Crippen LogP contribution in [0, 0.1) is 5.92 Å². The highest BCUT2D eigenvalue weighted by atomic mass is 31.2. The van der Waals surface area contributed by atoms with E-state index >= 15 is 0 Å². The normalized spacial score (nSPS) is 14.1. The molecular formula is C68H132O17P2. The van der Waals surface area contributed by atoms with E-state index in [1.165, 1.54) is 167 Å². The van der Waals surface area contributed by atoms with Gasteiger partial charge in [-0.3, -0.25) is 37.3 Å². The largest absolute Gasteiger partial charge is 0.472 e. The van der Waals surface area contributed by atoms with E-state index in [1.807, 2.05) is 0 Å². The van der Waals surface area contributed by atoms with Crippen LogP contribution in [0.1, 0.15) is 349 Å². The Morgan fingerprint density at radius 3 is 0.782 bits per heavy atom. The third-order valence-corrected chi connectivity index (χ3v) is 17.7. The Hall–Kier alpha value is -1.94. The summed E-state index contributed by atoms with van der Waals surface area (Å²) in [6.45, 7) is 7.12. The molecule has 0 spiro atoms. The van der Waals surface area contributed by atoms with Gasteiger partial charge in [-0.1, -0.05) is 298 Å². The molecule has 0 aromatic rings. The molecule has 516 valence electrons. The van der Waals surface area contributed by atoms with Crippen molar-refractivity contribution in [1.82, 2.24) is 0 Å². The molecular weight excluding hydrogens is 1150 g/mol. The molecule has 0 rings (SSSR count). The number of phosphoric acid groups is 2. The van der Waals surface area contributed by atoms with E-state index < -0.39 is 97.5 Å². The van der Waals surface area contributed by atoms with E-state index in [2.05, 4.69) is 34.6 Å². The number of aliphatic hydroxyl groups excluding tert-OH is 1. The molecule has 17 nitrogen and oxygen atoms in total. The Morgan fingerprint density at radius 2 is 0.529 bits per heavy atom. The van der Waals surface area contributed by atoms with Crippen molar-refractivity contribution in [2.75, 3.05) is 39.6 Å². The van der Waals surface area contributed by atoms with Crippen LogP contribution in [0.15, 0.2) is 0 Å². The van der Waals surface area contributed by atoms with Crippen LogP contribution in [-0.2, 0) is 65.4 Å². The number of unbranched alkanes of at least 4 members (excludes halogenated alkanes) is 40. The quantitative estimate of drug-likeness (QED) is 0.0222. The molecule has 0 aromatic heterocycles. The summed E-state index contributed by atoms with van der Waals surface area (Å²) in [7, 11) is -9.88. The van der Waals surface area contributed by atoms with Crippen LogP contribution in [0.2, 0.25) is 0 Å². The van der Waals surface area contributed by atoms with Gasteiger partial charge in [-0.05, 0) is 31.6 Å². The SMILES string of the molecule is CCCCCCCCCCCCCCCCCCCCCCC(=O)O[C@H](COC(=O)CCCCCCCCCCCCC(C)C)COP(=O)(O)OC[C@@H](O)COP(=O)(O)OC[C@@H](COC(=O)CCCCCCC)OC(=O)CCCCCCCCCCC. The highest BCUT2D eigenvalue weighted by Crippen LogP contribution is 2.45. The predicted molar refractivity (Wildman–Crippen MR) is 349 cm³/mol. The van der Waals surface area contributed by atoms with Gasteiger partial charge in [-0.15, -0.1) is 0 Å². The zero-order valence-electron chi connectivity index (χ0n) is 56.2. The van der Waals surface area contributed by atoms with E-state index in [4.69, 9.17) is 37.0 Å². The van der Waals surface area contributed by atoms with Crippen LogP contribution in [0.5, 0.6) is 0 Å². The summed E-state index contributed by atoms with van der Waals surface area (Å²) >= 11 is 0. The van der Waals surface area contributed by atoms with Crippen LogP contribution in [0.4, 0.5) is 0 Å². The minimum Gasteiger partial charge on any atom is -0.462 e. The number of aliphatic hydroxyl groups is 1. The summed E-state index contributed by atoms with van der Waals surface area (Å²) in [6, 6.07) is 0. The summed E-state index contributed by atoms with van der Waals surface area (Å²) in [5.41, 5.74) is 0. The third-order valence-electron chi connectivity index (χ3n) is 15.8. The molecule has 0 amide bonds. The molecule has 5 atom stereocenters. The number of carbonyl (C=O) groups excluding carboxylic acids is 4. The van der Waals surface area contributed by atoms with Gasteiger partial charge in [-0.2, -0.15) is 0 Å². The standard InChI is InChI=1S/C68H132O17P2/c1-6-9-12-15-17-19-20-21-22-23-24-25-26-27-28-29-35-39-44-49-54-68(73)85-64(58-79-66(71)52-47-42-37-34-31-30-33-36-41-45-50-61(4)5)60-83-87(76,77)81-56-62(69)55-80-86(74,75)82-59-63(57-78-65(70)51-46-40-14-11-8-3)84-67(72)53-48-43-38-32-18-16-13-10-7-2/h61-64,69H,6-60H2,1-5H3,(H,74,75)(H,76,77)/t62-,63+,64+/m0/s1. The Balaban J connectivity index is 5.11. The number of hydrogen-bond acceptors (Lipinski definition) is 15. The van der Waals surface area contributed by atoms with E-state index in [0.717, 1.165) is 102 Å². The lowest BCUT2D eigenvalue weighted by Gasteiger charge is -2.21. The molecule has 0 aromatic carbocycles. The van der Waals surface area contributed by atoms with Crippen LogP contribution >= 0.6 is 15.6 Å². The maximum absolute atomic E-state index is 13.0. The van der Waals surface area contributed by atoms with Crippen molar-refractivity contribution < 1.29 is 80.2 Å². The van der Waals surface area contributed by atoms with Gasteiger partial charge in [0.15, 0.2) is 12.2 Å². The summed E-state index contributed by atoms with van der Waals surface area (Å²) in [5, 5.41) is 10.5. The molecule has 0 saturated heterocycles. The minimum absolute atomic E-state index is 0.105. The summed E-state index contributed by atoms with van der Waals surface area (Å²) in [5.74, 6) is -1.38. The van der Waals surface area contributed by atoms with Gasteiger partial charge in [0, 0.05) is 25.7 Å². The second kappa shape index (κ2) is 61.6. The molecule has 0 aliphatic rings. The highest BCUT2D eigenvalue weighted by Gasteiger charge is 2.30. The van der Waals surface area contributed by atoms with Gasteiger partial charge in [-0.25, -0.2) is 9.13 Å². The average Bonchev–Trinajstić information content (AvgIpc) is 3.55. The fourth-order valence-corrected chi connectivity index (χ4v) is 11.9. The molecule has 0 heterocycles. The number of esters is 4. The molecule has 0 bridgehead atoms. The Bertz CT molecular complexity index is 1690. The summed E-state index contributed by atoms with van der Waals surface area (Å²) in [6.07, 6.45) is 47.7. The molecule has 0 fully saturated rings. The first-order chi connectivity index (χ1) is 42.0. The summed E-state index contributed by atoms with van der Waals surface area (Å²) in [4.78, 5) is 72.1. The molecule has 19 heteroatoms. The van der Waals surface area contributed by atoms with Crippen LogP contribution in [0.25, 0.3) is 0 Å². The number of carbonyl (C=O) groups is 4. The number of ether oxygens (including phenoxy) is 4. The van der Waals surface area contributed by atoms with Crippen molar-refractivity contribution in [3.63, 3.8) is 0 Å². The molecule has 3 N–H and O–H groups in total.